The molecule has 0 bridgehead atoms. The molecule has 0 aliphatic rings. The first kappa shape index (κ1) is 12.0. The van der Waals surface area contributed by atoms with E-state index in [1.807, 2.05) is 0 Å². The molecule has 0 saturated carbocycles. The molecule has 0 unspecified atom stereocenters. The lowest BCUT2D eigenvalue weighted by atomic mass is 10.2. The smallest absolute Gasteiger partial charge is 0.338 e. The van der Waals surface area contributed by atoms with E-state index in [0.29, 0.717) is 17.2 Å². The second-order valence-corrected chi connectivity index (χ2v) is 3.96. The van der Waals surface area contributed by atoms with E-state index in [4.69, 9.17) is 5.11 Å². The molecule has 100 valence electrons. The zero-order valence-corrected chi connectivity index (χ0v) is 9.99. The number of hydrogen-bond acceptors (Lipinski definition) is 5. The van der Waals surface area contributed by atoms with E-state index in [1.54, 1.807) is 16.8 Å². The quantitative estimate of drug-likeness (QED) is 0.754. The van der Waals surface area contributed by atoms with E-state index >= 15 is 0 Å². The summed E-state index contributed by atoms with van der Waals surface area (Å²) in [6.45, 7) is 0. The van der Waals surface area contributed by atoms with Crippen LogP contribution in [0.25, 0.3) is 5.65 Å². The number of hydrogen-bond donors (Lipinski definition) is 2. The maximum atomic E-state index is 13.6. The van der Waals surface area contributed by atoms with Gasteiger partial charge in [0.15, 0.2) is 5.82 Å². The molecule has 20 heavy (non-hydrogen) atoms. The number of halogens is 1. The highest BCUT2D eigenvalue weighted by Crippen LogP contribution is 2.20. The van der Waals surface area contributed by atoms with Gasteiger partial charge in [0.2, 0.25) is 5.65 Å². The highest BCUT2D eigenvalue weighted by atomic mass is 19.1. The Morgan fingerprint density at radius 1 is 1.40 bits per heavy atom. The molecule has 0 aliphatic carbocycles. The maximum Gasteiger partial charge on any atom is 0.338 e. The molecular weight excluding hydrogens is 265 g/mol. The van der Waals surface area contributed by atoms with Crippen molar-refractivity contribution in [3.05, 3.63) is 48.3 Å². The van der Waals surface area contributed by atoms with Crippen molar-refractivity contribution in [3.8, 4) is 0 Å². The molecule has 0 saturated heterocycles. The summed E-state index contributed by atoms with van der Waals surface area (Å²) in [5.74, 6) is -1.74. The van der Waals surface area contributed by atoms with Gasteiger partial charge in [-0.15, -0.1) is 10.2 Å². The van der Waals surface area contributed by atoms with Gasteiger partial charge >= 0.3 is 5.97 Å². The lowest BCUT2D eigenvalue weighted by molar-refractivity contribution is 0.0692. The summed E-state index contributed by atoms with van der Waals surface area (Å²) in [7, 11) is 0. The van der Waals surface area contributed by atoms with Crippen molar-refractivity contribution in [1.29, 1.82) is 0 Å². The third-order valence-corrected chi connectivity index (χ3v) is 2.68. The largest absolute Gasteiger partial charge is 0.478 e. The number of fused-ring (bicyclic) bond motifs is 1. The molecule has 0 fully saturated rings. The Morgan fingerprint density at radius 2 is 2.25 bits per heavy atom. The lowest BCUT2D eigenvalue weighted by Crippen LogP contribution is -2.02. The summed E-state index contributed by atoms with van der Waals surface area (Å²) in [5, 5.41) is 19.3. The molecule has 2 aromatic heterocycles. The summed E-state index contributed by atoms with van der Waals surface area (Å²) < 4.78 is 15.2. The van der Waals surface area contributed by atoms with E-state index < -0.39 is 11.8 Å². The van der Waals surface area contributed by atoms with Crippen molar-refractivity contribution in [2.45, 2.75) is 0 Å². The van der Waals surface area contributed by atoms with Crippen LogP contribution in [0.3, 0.4) is 0 Å². The number of benzene rings is 1. The van der Waals surface area contributed by atoms with Gasteiger partial charge in [0.05, 0.1) is 5.56 Å². The Kier molecular flexibility index (Phi) is 2.75. The van der Waals surface area contributed by atoms with Crippen LogP contribution in [-0.4, -0.2) is 30.7 Å². The number of carboxylic acid groups (broad SMARTS) is 1. The average Bonchev–Trinajstić information content (AvgIpc) is 2.87. The van der Waals surface area contributed by atoms with Crippen molar-refractivity contribution < 1.29 is 14.3 Å². The summed E-state index contributed by atoms with van der Waals surface area (Å²) >= 11 is 0. The highest BCUT2D eigenvalue weighted by Gasteiger charge is 2.11. The minimum absolute atomic E-state index is 0.371. The van der Waals surface area contributed by atoms with Gasteiger partial charge in [0.1, 0.15) is 12.1 Å². The van der Waals surface area contributed by atoms with Gasteiger partial charge < -0.3 is 10.4 Å². The number of anilines is 2. The van der Waals surface area contributed by atoms with E-state index in [2.05, 4.69) is 20.5 Å². The average molecular weight is 273 g/mol. The third-order valence-electron chi connectivity index (χ3n) is 2.68. The minimum Gasteiger partial charge on any atom is -0.478 e. The van der Waals surface area contributed by atoms with E-state index in [1.165, 1.54) is 18.5 Å². The minimum atomic E-state index is -1.31. The molecule has 0 atom stereocenters. The topological polar surface area (TPSA) is 92.4 Å². The van der Waals surface area contributed by atoms with Crippen LogP contribution >= 0.6 is 0 Å². The number of nitrogens with one attached hydrogen (secondary N) is 1. The summed E-state index contributed by atoms with van der Waals surface area (Å²) in [4.78, 5) is 14.8. The molecule has 2 heterocycles. The first-order valence-corrected chi connectivity index (χ1v) is 5.59. The van der Waals surface area contributed by atoms with Gasteiger partial charge in [-0.25, -0.2) is 14.2 Å². The third kappa shape index (κ3) is 2.03. The Hall–Kier alpha value is -3.03. The van der Waals surface area contributed by atoms with Crippen molar-refractivity contribution in [3.63, 3.8) is 0 Å². The SMILES string of the molecule is O=C(O)c1ccc(Nc2nccn3cnnc23)cc1F. The summed E-state index contributed by atoms with van der Waals surface area (Å²) in [6.07, 6.45) is 4.73. The first-order valence-electron chi connectivity index (χ1n) is 5.59. The highest BCUT2D eigenvalue weighted by molar-refractivity contribution is 5.88. The Labute approximate surface area is 111 Å². The Bertz CT molecular complexity index is 801. The fourth-order valence-electron chi connectivity index (χ4n) is 1.75. The lowest BCUT2D eigenvalue weighted by Gasteiger charge is -2.07. The van der Waals surface area contributed by atoms with Gasteiger partial charge in [0.25, 0.3) is 0 Å². The second-order valence-electron chi connectivity index (χ2n) is 3.96. The van der Waals surface area contributed by atoms with E-state index in [9.17, 15) is 9.18 Å². The number of carbonyl (C=O) groups is 1. The number of aromatic nitrogens is 4. The van der Waals surface area contributed by atoms with Crippen molar-refractivity contribution >= 4 is 23.1 Å². The second kappa shape index (κ2) is 4.57. The van der Waals surface area contributed by atoms with E-state index in [0.717, 1.165) is 6.07 Å². The molecule has 8 heteroatoms. The molecule has 3 aromatic rings. The van der Waals surface area contributed by atoms with Crippen LogP contribution in [0.2, 0.25) is 0 Å². The molecule has 7 nitrogen and oxygen atoms in total. The van der Waals surface area contributed by atoms with Crippen LogP contribution in [0.15, 0.2) is 36.9 Å². The van der Waals surface area contributed by atoms with Crippen LogP contribution in [0.1, 0.15) is 10.4 Å². The molecule has 1 aromatic carbocycles. The Balaban J connectivity index is 1.97. The monoisotopic (exact) mass is 273 g/mol. The molecule has 0 aliphatic heterocycles. The fraction of sp³-hybridized carbons (Fsp3) is 0. The van der Waals surface area contributed by atoms with E-state index in [-0.39, 0.29) is 5.56 Å². The molecule has 0 spiro atoms. The van der Waals surface area contributed by atoms with Gasteiger partial charge in [0, 0.05) is 18.1 Å². The number of aromatic carboxylic acids is 1. The van der Waals surface area contributed by atoms with Crippen LogP contribution in [-0.2, 0) is 0 Å². The normalized spacial score (nSPS) is 10.7. The Morgan fingerprint density at radius 3 is 3.00 bits per heavy atom. The van der Waals surface area contributed by atoms with Gasteiger partial charge in [-0.3, -0.25) is 4.40 Å². The number of nitrogens with zero attached hydrogens (tertiary/aromatic N) is 4. The summed E-state index contributed by atoms with van der Waals surface area (Å²) in [5.41, 5.74) is 0.468. The number of carboxylic acids is 1. The van der Waals surface area contributed by atoms with Crippen LogP contribution in [0, 0.1) is 5.82 Å². The van der Waals surface area contributed by atoms with Crippen LogP contribution in [0.4, 0.5) is 15.9 Å². The zero-order valence-electron chi connectivity index (χ0n) is 9.99. The first-order chi connectivity index (χ1) is 9.65. The molecule has 2 N–H and O–H groups in total. The van der Waals surface area contributed by atoms with Crippen LogP contribution < -0.4 is 5.32 Å². The number of rotatable bonds is 3. The maximum absolute atomic E-state index is 13.6. The molecule has 3 rings (SSSR count). The van der Waals surface area contributed by atoms with Crippen LogP contribution in [0.5, 0.6) is 0 Å². The predicted octanol–water partition coefficient (Wildman–Crippen LogP) is 1.71. The molecular formula is C12H8FN5O2. The van der Waals surface area contributed by atoms with Crippen molar-refractivity contribution in [2.75, 3.05) is 5.32 Å². The molecule has 0 radical (unpaired) electrons. The molecule has 0 amide bonds. The van der Waals surface area contributed by atoms with Gasteiger partial charge in [-0.05, 0) is 18.2 Å². The van der Waals surface area contributed by atoms with Crippen molar-refractivity contribution in [1.82, 2.24) is 19.6 Å². The summed E-state index contributed by atoms with van der Waals surface area (Å²) in [6, 6.07) is 3.73. The predicted molar refractivity (Wildman–Crippen MR) is 67.4 cm³/mol. The van der Waals surface area contributed by atoms with Crippen molar-refractivity contribution in [2.24, 2.45) is 0 Å². The van der Waals surface area contributed by atoms with Gasteiger partial charge in [-0.2, -0.15) is 0 Å². The fourth-order valence-corrected chi connectivity index (χ4v) is 1.75. The van der Waals surface area contributed by atoms with Gasteiger partial charge in [-0.1, -0.05) is 0 Å². The zero-order chi connectivity index (χ0) is 14.1. The standard InChI is InChI=1S/C12H8FN5O2/c13-9-5-7(1-2-8(9)12(19)20)16-10-11-17-15-6-18(11)4-3-14-10/h1-6H,(H,14,16)(H,19,20).